The Kier molecular flexibility index (Phi) is 5.28. The first-order valence-corrected chi connectivity index (χ1v) is 7.86. The molecule has 0 aliphatic carbocycles. The van der Waals surface area contributed by atoms with E-state index in [-0.39, 0.29) is 5.91 Å². The summed E-state index contributed by atoms with van der Waals surface area (Å²) in [6.07, 6.45) is 4.69. The highest BCUT2D eigenvalue weighted by Crippen LogP contribution is 2.15. The number of carbonyl (C=O) groups excluding carboxylic acids is 1. The number of nitrogens with zero attached hydrogens (tertiary/aromatic N) is 3. The zero-order chi connectivity index (χ0) is 18.4. The lowest BCUT2D eigenvalue weighted by Gasteiger charge is -2.03. The molecular weight excluding hydrogens is 332 g/mol. The molecule has 0 saturated carbocycles. The minimum absolute atomic E-state index is 0.338. The molecule has 0 aliphatic heterocycles. The number of ether oxygens (including phenoxy) is 2. The summed E-state index contributed by atoms with van der Waals surface area (Å²) in [4.78, 5) is 12.2. The van der Waals surface area contributed by atoms with Gasteiger partial charge in [-0.3, -0.25) is 4.79 Å². The Bertz CT molecular complexity index is 899. The largest absolute Gasteiger partial charge is 0.497 e. The molecule has 3 aromatic rings. The van der Waals surface area contributed by atoms with E-state index in [0.29, 0.717) is 5.56 Å². The Morgan fingerprint density at radius 3 is 2.27 bits per heavy atom. The van der Waals surface area contributed by atoms with Crippen molar-refractivity contribution in [1.29, 1.82) is 0 Å². The van der Waals surface area contributed by atoms with Crippen molar-refractivity contribution >= 4 is 12.1 Å². The van der Waals surface area contributed by atoms with Crippen LogP contribution in [0.5, 0.6) is 11.5 Å². The molecule has 0 unspecified atom stereocenters. The molecule has 7 heteroatoms. The summed E-state index contributed by atoms with van der Waals surface area (Å²) in [5.41, 5.74) is 4.57. The zero-order valence-corrected chi connectivity index (χ0v) is 14.4. The van der Waals surface area contributed by atoms with Crippen molar-refractivity contribution in [2.45, 2.75) is 0 Å². The molecule has 1 aromatic heterocycles. The lowest BCUT2D eigenvalue weighted by Crippen LogP contribution is -2.16. The van der Waals surface area contributed by atoms with Crippen LogP contribution in [0.15, 0.2) is 66.0 Å². The number of benzene rings is 2. The Morgan fingerprint density at radius 2 is 1.65 bits per heavy atom. The van der Waals surface area contributed by atoms with Gasteiger partial charge in [-0.2, -0.15) is 10.2 Å². The second kappa shape index (κ2) is 7.98. The average molecular weight is 350 g/mol. The highest BCUT2D eigenvalue weighted by Gasteiger charge is 2.08. The maximum Gasteiger partial charge on any atom is 0.274 e. The summed E-state index contributed by atoms with van der Waals surface area (Å²) in [6, 6.07) is 14.7. The molecule has 3 rings (SSSR count). The maximum absolute atomic E-state index is 12.2. The van der Waals surface area contributed by atoms with Gasteiger partial charge < -0.3 is 9.47 Å². The van der Waals surface area contributed by atoms with Crippen LogP contribution in [0.2, 0.25) is 0 Å². The van der Waals surface area contributed by atoms with E-state index in [0.717, 1.165) is 22.7 Å². The molecule has 0 saturated heterocycles. The first kappa shape index (κ1) is 17.2. The molecule has 1 amide bonds. The van der Waals surface area contributed by atoms with Crippen molar-refractivity contribution in [2.75, 3.05) is 14.2 Å². The van der Waals surface area contributed by atoms with Gasteiger partial charge >= 0.3 is 0 Å². The van der Waals surface area contributed by atoms with Crippen LogP contribution in [-0.4, -0.2) is 36.1 Å². The Balaban J connectivity index is 1.62. The second-order valence-corrected chi connectivity index (χ2v) is 5.34. The second-order valence-electron chi connectivity index (χ2n) is 5.34. The predicted octanol–water partition coefficient (Wildman–Crippen LogP) is 2.65. The fourth-order valence-electron chi connectivity index (χ4n) is 2.24. The summed E-state index contributed by atoms with van der Waals surface area (Å²) >= 11 is 0. The van der Waals surface area contributed by atoms with Gasteiger partial charge in [0.2, 0.25) is 0 Å². The van der Waals surface area contributed by atoms with Crippen molar-refractivity contribution in [3.05, 3.63) is 72.1 Å². The quantitative estimate of drug-likeness (QED) is 0.548. The molecule has 0 aliphatic rings. The first-order chi connectivity index (χ1) is 12.7. The van der Waals surface area contributed by atoms with Crippen LogP contribution in [0.25, 0.3) is 5.69 Å². The molecule has 132 valence electrons. The molecule has 0 atom stereocenters. The molecule has 0 spiro atoms. The third kappa shape index (κ3) is 4.07. The first-order valence-electron chi connectivity index (χ1n) is 7.86. The van der Waals surface area contributed by atoms with Crippen LogP contribution >= 0.6 is 0 Å². The Labute approximate surface area is 150 Å². The zero-order valence-electron chi connectivity index (χ0n) is 14.4. The number of nitrogens with one attached hydrogen (secondary N) is 1. The minimum atomic E-state index is -0.338. The Hall–Kier alpha value is -3.61. The molecule has 26 heavy (non-hydrogen) atoms. The molecular formula is C19H18N4O3. The molecule has 0 bridgehead atoms. The number of carbonyl (C=O) groups is 1. The number of aromatic nitrogens is 2. The van der Waals surface area contributed by atoms with Gasteiger partial charge in [0.15, 0.2) is 0 Å². The predicted molar refractivity (Wildman–Crippen MR) is 98.2 cm³/mol. The lowest BCUT2D eigenvalue weighted by molar-refractivity contribution is 0.0955. The smallest absolute Gasteiger partial charge is 0.274 e. The standard InChI is InChI=1S/C19H18N4O3/c1-25-17-7-3-14(4-8-17)11-20-22-19(24)15-12-21-23(13-15)16-5-9-18(26-2)10-6-16/h3-13H,1-2H3,(H,22,24)/b20-11-. The van der Waals surface area contributed by atoms with E-state index in [1.54, 1.807) is 31.3 Å². The highest BCUT2D eigenvalue weighted by molar-refractivity contribution is 5.94. The van der Waals surface area contributed by atoms with Crippen molar-refractivity contribution in [2.24, 2.45) is 5.10 Å². The van der Waals surface area contributed by atoms with Gasteiger partial charge in [-0.15, -0.1) is 0 Å². The average Bonchev–Trinajstić information content (AvgIpc) is 3.19. The highest BCUT2D eigenvalue weighted by atomic mass is 16.5. The Morgan fingerprint density at radius 1 is 1.04 bits per heavy atom. The number of methoxy groups -OCH3 is 2. The van der Waals surface area contributed by atoms with Gasteiger partial charge in [0, 0.05) is 6.20 Å². The van der Waals surface area contributed by atoms with Crippen LogP contribution in [0, 0.1) is 0 Å². The third-order valence-electron chi connectivity index (χ3n) is 3.68. The van der Waals surface area contributed by atoms with Gasteiger partial charge in [-0.1, -0.05) is 0 Å². The van der Waals surface area contributed by atoms with Crippen LogP contribution in [0.3, 0.4) is 0 Å². The van der Waals surface area contributed by atoms with E-state index in [1.807, 2.05) is 48.5 Å². The van der Waals surface area contributed by atoms with E-state index in [4.69, 9.17) is 9.47 Å². The third-order valence-corrected chi connectivity index (χ3v) is 3.68. The fourth-order valence-corrected chi connectivity index (χ4v) is 2.24. The van der Waals surface area contributed by atoms with Crippen molar-refractivity contribution < 1.29 is 14.3 Å². The van der Waals surface area contributed by atoms with Gasteiger partial charge in [0.25, 0.3) is 5.91 Å². The number of hydrogen-bond acceptors (Lipinski definition) is 5. The molecule has 0 fully saturated rings. The summed E-state index contributed by atoms with van der Waals surface area (Å²) in [6.45, 7) is 0. The number of hydrogen-bond donors (Lipinski definition) is 1. The fraction of sp³-hybridized carbons (Fsp3) is 0.105. The van der Waals surface area contributed by atoms with Crippen molar-refractivity contribution in [1.82, 2.24) is 15.2 Å². The van der Waals surface area contributed by atoms with Crippen molar-refractivity contribution in [3.63, 3.8) is 0 Å². The van der Waals surface area contributed by atoms with E-state index in [2.05, 4.69) is 15.6 Å². The SMILES string of the molecule is COc1ccc(/C=N\NC(=O)c2cnn(-c3ccc(OC)cc3)c2)cc1. The number of hydrazone groups is 1. The molecule has 7 nitrogen and oxygen atoms in total. The van der Waals surface area contributed by atoms with E-state index in [1.165, 1.54) is 6.20 Å². The number of rotatable bonds is 6. The minimum Gasteiger partial charge on any atom is -0.497 e. The van der Waals surface area contributed by atoms with Gasteiger partial charge in [-0.25, -0.2) is 10.1 Å². The van der Waals surface area contributed by atoms with Gasteiger partial charge in [0.05, 0.1) is 37.9 Å². The van der Waals surface area contributed by atoms with Gasteiger partial charge in [0.1, 0.15) is 11.5 Å². The summed E-state index contributed by atoms with van der Waals surface area (Å²) in [5.74, 6) is 1.18. The van der Waals surface area contributed by atoms with E-state index < -0.39 is 0 Å². The normalized spacial score (nSPS) is 10.7. The van der Waals surface area contributed by atoms with E-state index >= 15 is 0 Å². The van der Waals surface area contributed by atoms with Gasteiger partial charge in [-0.05, 0) is 54.1 Å². The van der Waals surface area contributed by atoms with Crippen LogP contribution in [0.1, 0.15) is 15.9 Å². The molecule has 2 aromatic carbocycles. The molecule has 1 heterocycles. The van der Waals surface area contributed by atoms with Crippen LogP contribution in [0.4, 0.5) is 0 Å². The monoisotopic (exact) mass is 350 g/mol. The number of amides is 1. The van der Waals surface area contributed by atoms with Crippen molar-refractivity contribution in [3.8, 4) is 17.2 Å². The van der Waals surface area contributed by atoms with E-state index in [9.17, 15) is 4.79 Å². The molecule has 0 radical (unpaired) electrons. The summed E-state index contributed by atoms with van der Waals surface area (Å²) in [5, 5.41) is 8.16. The maximum atomic E-state index is 12.2. The van der Waals surface area contributed by atoms with Crippen LogP contribution < -0.4 is 14.9 Å². The molecule has 1 N–H and O–H groups in total. The van der Waals surface area contributed by atoms with Crippen LogP contribution in [-0.2, 0) is 0 Å². The summed E-state index contributed by atoms with van der Waals surface area (Å²) in [7, 11) is 3.22. The lowest BCUT2D eigenvalue weighted by atomic mass is 10.2. The topological polar surface area (TPSA) is 77.7 Å². The summed E-state index contributed by atoms with van der Waals surface area (Å²) < 4.78 is 11.8.